The Labute approximate surface area is 107 Å². The summed E-state index contributed by atoms with van der Waals surface area (Å²) in [6.07, 6.45) is 2.88. The molecule has 6 heteroatoms. The van der Waals surface area contributed by atoms with Crippen molar-refractivity contribution in [3.05, 3.63) is 0 Å². The van der Waals surface area contributed by atoms with Crippen LogP contribution in [0.4, 0.5) is 0 Å². The van der Waals surface area contributed by atoms with Crippen molar-refractivity contribution in [1.29, 1.82) is 0 Å². The SMILES string of the molecule is COC(=O)CCCNC(=O)CN1CCCC1CO. The molecule has 1 unspecified atom stereocenters. The van der Waals surface area contributed by atoms with Crippen molar-refractivity contribution in [2.75, 3.05) is 33.4 Å². The summed E-state index contributed by atoms with van der Waals surface area (Å²) in [6, 6.07) is 0.116. The van der Waals surface area contributed by atoms with E-state index in [4.69, 9.17) is 5.11 Å². The van der Waals surface area contributed by atoms with Gasteiger partial charge in [0.15, 0.2) is 0 Å². The smallest absolute Gasteiger partial charge is 0.305 e. The molecule has 1 heterocycles. The van der Waals surface area contributed by atoms with Crippen LogP contribution in [0, 0.1) is 0 Å². The van der Waals surface area contributed by atoms with Crippen molar-refractivity contribution < 1.29 is 19.4 Å². The molecule has 1 rings (SSSR count). The Morgan fingerprint density at radius 3 is 2.94 bits per heavy atom. The lowest BCUT2D eigenvalue weighted by Crippen LogP contribution is -2.41. The highest BCUT2D eigenvalue weighted by Crippen LogP contribution is 2.15. The molecule has 0 bridgehead atoms. The third-order valence-corrected chi connectivity index (χ3v) is 3.16. The number of aliphatic hydroxyl groups excluding tert-OH is 1. The number of rotatable bonds is 7. The lowest BCUT2D eigenvalue weighted by Gasteiger charge is -2.21. The van der Waals surface area contributed by atoms with Gasteiger partial charge in [-0.3, -0.25) is 14.5 Å². The van der Waals surface area contributed by atoms with E-state index in [1.54, 1.807) is 0 Å². The number of carbonyl (C=O) groups is 2. The Morgan fingerprint density at radius 2 is 2.28 bits per heavy atom. The Hall–Kier alpha value is -1.14. The van der Waals surface area contributed by atoms with Gasteiger partial charge in [-0.15, -0.1) is 0 Å². The van der Waals surface area contributed by atoms with E-state index in [1.807, 2.05) is 4.90 Å². The average molecular weight is 258 g/mol. The number of nitrogens with one attached hydrogen (secondary N) is 1. The molecule has 1 fully saturated rings. The summed E-state index contributed by atoms with van der Waals surface area (Å²) < 4.78 is 4.51. The zero-order valence-electron chi connectivity index (χ0n) is 10.9. The molecule has 18 heavy (non-hydrogen) atoms. The van der Waals surface area contributed by atoms with Crippen molar-refractivity contribution in [2.24, 2.45) is 0 Å². The molecular weight excluding hydrogens is 236 g/mol. The number of likely N-dealkylation sites (tertiary alicyclic amines) is 1. The molecule has 0 aromatic carbocycles. The lowest BCUT2D eigenvalue weighted by atomic mass is 10.2. The minimum atomic E-state index is -0.260. The largest absolute Gasteiger partial charge is 0.469 e. The Bertz CT molecular complexity index is 283. The number of aliphatic hydroxyl groups is 1. The number of carbonyl (C=O) groups excluding carboxylic acids is 2. The Kier molecular flexibility index (Phi) is 6.67. The fraction of sp³-hybridized carbons (Fsp3) is 0.833. The predicted molar refractivity (Wildman–Crippen MR) is 65.9 cm³/mol. The molecule has 1 saturated heterocycles. The van der Waals surface area contributed by atoms with E-state index in [2.05, 4.69) is 10.1 Å². The van der Waals surface area contributed by atoms with E-state index >= 15 is 0 Å². The third-order valence-electron chi connectivity index (χ3n) is 3.16. The summed E-state index contributed by atoms with van der Waals surface area (Å²) in [6.45, 7) is 1.77. The minimum absolute atomic E-state index is 0.0554. The van der Waals surface area contributed by atoms with Crippen LogP contribution >= 0.6 is 0 Å². The molecule has 2 N–H and O–H groups in total. The molecule has 1 aliphatic rings. The maximum absolute atomic E-state index is 11.6. The number of nitrogens with zero attached hydrogens (tertiary/aromatic N) is 1. The topological polar surface area (TPSA) is 78.9 Å². The maximum atomic E-state index is 11.6. The van der Waals surface area contributed by atoms with Gasteiger partial charge in [-0.1, -0.05) is 0 Å². The summed E-state index contributed by atoms with van der Waals surface area (Å²) in [7, 11) is 1.35. The zero-order chi connectivity index (χ0) is 13.4. The zero-order valence-corrected chi connectivity index (χ0v) is 10.9. The van der Waals surface area contributed by atoms with Crippen LogP contribution in [0.1, 0.15) is 25.7 Å². The first-order chi connectivity index (χ1) is 8.67. The predicted octanol–water partition coefficient (Wildman–Crippen LogP) is -0.487. The maximum Gasteiger partial charge on any atom is 0.305 e. The first-order valence-electron chi connectivity index (χ1n) is 6.35. The molecule has 0 saturated carbocycles. The van der Waals surface area contributed by atoms with Crippen LogP contribution in [0.5, 0.6) is 0 Å². The molecule has 0 spiro atoms. The van der Waals surface area contributed by atoms with E-state index in [0.717, 1.165) is 19.4 Å². The Balaban J connectivity index is 2.12. The second-order valence-electron chi connectivity index (χ2n) is 4.48. The molecule has 1 amide bonds. The molecule has 104 valence electrons. The molecule has 6 nitrogen and oxygen atoms in total. The van der Waals surface area contributed by atoms with Gasteiger partial charge in [0.25, 0.3) is 0 Å². The van der Waals surface area contributed by atoms with Gasteiger partial charge in [-0.25, -0.2) is 0 Å². The van der Waals surface area contributed by atoms with Crippen molar-refractivity contribution in [3.8, 4) is 0 Å². The van der Waals surface area contributed by atoms with E-state index in [9.17, 15) is 9.59 Å². The van der Waals surface area contributed by atoms with Crippen LogP contribution < -0.4 is 5.32 Å². The van der Waals surface area contributed by atoms with E-state index < -0.39 is 0 Å². The summed E-state index contributed by atoms with van der Waals surface area (Å²) >= 11 is 0. The second-order valence-corrected chi connectivity index (χ2v) is 4.48. The standard InChI is InChI=1S/C12H22N2O4/c1-18-12(17)5-2-6-13-11(16)8-14-7-3-4-10(14)9-15/h10,15H,2-9H2,1H3,(H,13,16). The van der Waals surface area contributed by atoms with Gasteiger partial charge in [-0.05, 0) is 25.8 Å². The molecular formula is C12H22N2O4. The number of amides is 1. The number of esters is 1. The number of hydrogen-bond donors (Lipinski definition) is 2. The highest BCUT2D eigenvalue weighted by atomic mass is 16.5. The monoisotopic (exact) mass is 258 g/mol. The summed E-state index contributed by atoms with van der Waals surface area (Å²) in [4.78, 5) is 24.5. The summed E-state index contributed by atoms with van der Waals surface area (Å²) in [5.41, 5.74) is 0. The van der Waals surface area contributed by atoms with Crippen LogP contribution in [0.15, 0.2) is 0 Å². The molecule has 0 aliphatic carbocycles. The van der Waals surface area contributed by atoms with Gasteiger partial charge in [0.1, 0.15) is 0 Å². The van der Waals surface area contributed by atoms with Crippen molar-refractivity contribution in [2.45, 2.75) is 31.7 Å². The quantitative estimate of drug-likeness (QED) is 0.476. The van der Waals surface area contributed by atoms with Gasteiger partial charge >= 0.3 is 5.97 Å². The average Bonchev–Trinajstić information content (AvgIpc) is 2.81. The van der Waals surface area contributed by atoms with Crippen molar-refractivity contribution in [3.63, 3.8) is 0 Å². The number of hydrogen-bond acceptors (Lipinski definition) is 5. The van der Waals surface area contributed by atoms with Crippen LogP contribution in [0.25, 0.3) is 0 Å². The summed E-state index contributed by atoms with van der Waals surface area (Å²) in [5, 5.41) is 11.9. The van der Waals surface area contributed by atoms with E-state index in [0.29, 0.717) is 25.9 Å². The van der Waals surface area contributed by atoms with E-state index in [1.165, 1.54) is 7.11 Å². The lowest BCUT2D eigenvalue weighted by molar-refractivity contribution is -0.140. The fourth-order valence-corrected chi connectivity index (χ4v) is 2.11. The molecule has 0 aromatic heterocycles. The third kappa shape index (κ3) is 5.01. The first kappa shape index (κ1) is 14.9. The number of ether oxygens (including phenoxy) is 1. The summed E-state index contributed by atoms with van der Waals surface area (Å²) in [5.74, 6) is -0.315. The van der Waals surface area contributed by atoms with E-state index in [-0.39, 0.29) is 24.5 Å². The fourth-order valence-electron chi connectivity index (χ4n) is 2.11. The molecule has 0 aromatic rings. The van der Waals surface area contributed by atoms with Crippen molar-refractivity contribution in [1.82, 2.24) is 10.2 Å². The highest BCUT2D eigenvalue weighted by molar-refractivity contribution is 5.78. The van der Waals surface area contributed by atoms with Crippen LogP contribution in [0.2, 0.25) is 0 Å². The number of methoxy groups -OCH3 is 1. The van der Waals surface area contributed by atoms with Crippen LogP contribution in [-0.4, -0.2) is 61.3 Å². The minimum Gasteiger partial charge on any atom is -0.469 e. The highest BCUT2D eigenvalue weighted by Gasteiger charge is 2.25. The Morgan fingerprint density at radius 1 is 1.50 bits per heavy atom. The van der Waals surface area contributed by atoms with Gasteiger partial charge in [0, 0.05) is 19.0 Å². The van der Waals surface area contributed by atoms with Gasteiger partial charge in [0.05, 0.1) is 20.3 Å². The first-order valence-corrected chi connectivity index (χ1v) is 6.35. The molecule has 0 radical (unpaired) electrons. The molecule has 1 aliphatic heterocycles. The second kappa shape index (κ2) is 8.05. The van der Waals surface area contributed by atoms with Crippen LogP contribution in [-0.2, 0) is 14.3 Å². The van der Waals surface area contributed by atoms with Gasteiger partial charge in [0.2, 0.25) is 5.91 Å². The van der Waals surface area contributed by atoms with Crippen molar-refractivity contribution >= 4 is 11.9 Å². The molecule has 1 atom stereocenters. The van der Waals surface area contributed by atoms with Gasteiger partial charge in [-0.2, -0.15) is 0 Å². The van der Waals surface area contributed by atoms with Gasteiger partial charge < -0.3 is 15.2 Å². The van der Waals surface area contributed by atoms with Crippen LogP contribution in [0.3, 0.4) is 0 Å². The normalized spacial score (nSPS) is 19.8.